The molecule has 1 fully saturated rings. The molecule has 5 nitrogen and oxygen atoms in total. The molecule has 1 heterocycles. The van der Waals surface area contributed by atoms with Crippen molar-refractivity contribution < 1.29 is 18.0 Å². The molecular weight excluding hydrogens is 322 g/mol. The van der Waals surface area contributed by atoms with Gasteiger partial charge < -0.3 is 23.3 Å². The van der Waals surface area contributed by atoms with Gasteiger partial charge in [-0.3, -0.25) is 0 Å². The second-order valence-corrected chi connectivity index (χ2v) is 10.3. The molecule has 0 saturated carbocycles. The van der Waals surface area contributed by atoms with Crippen molar-refractivity contribution in [3.63, 3.8) is 0 Å². The maximum absolute atomic E-state index is 6.15. The Kier molecular flexibility index (Phi) is 8.23. The van der Waals surface area contributed by atoms with E-state index in [0.717, 1.165) is 19.3 Å². The van der Waals surface area contributed by atoms with Crippen molar-refractivity contribution in [3.8, 4) is 12.5 Å². The Morgan fingerprint density at radius 1 is 1.08 bits per heavy atom. The van der Waals surface area contributed by atoms with Gasteiger partial charge in [0.1, 0.15) is 0 Å². The second-order valence-electron chi connectivity index (χ2n) is 7.67. The monoisotopic (exact) mass is 357 g/mol. The van der Waals surface area contributed by atoms with Crippen molar-refractivity contribution in [2.75, 3.05) is 19.8 Å². The van der Waals surface area contributed by atoms with Crippen LogP contribution in [0.2, 0.25) is 6.04 Å². The molecule has 1 aliphatic heterocycles. The Hall–Kier alpha value is -0.583. The highest BCUT2D eigenvalue weighted by Gasteiger charge is 2.42. The third kappa shape index (κ3) is 7.12. The van der Waals surface area contributed by atoms with Gasteiger partial charge in [-0.05, 0) is 60.8 Å². The van der Waals surface area contributed by atoms with Crippen molar-refractivity contribution in [2.24, 2.45) is 0 Å². The number of hydrogen-bond donors (Lipinski definition) is 1. The lowest BCUT2D eigenvalue weighted by Crippen LogP contribution is -2.59. The predicted molar refractivity (Wildman–Crippen MR) is 98.6 cm³/mol. The van der Waals surface area contributed by atoms with Crippen molar-refractivity contribution in [3.05, 3.63) is 0 Å². The minimum Gasteiger partial charge on any atom is -0.451 e. The van der Waals surface area contributed by atoms with E-state index in [1.54, 1.807) is 0 Å². The molecule has 0 aromatic heterocycles. The number of rotatable bonds is 10. The van der Waals surface area contributed by atoms with Gasteiger partial charge in [-0.1, -0.05) is 6.42 Å². The molecule has 0 spiro atoms. The summed E-state index contributed by atoms with van der Waals surface area (Å²) in [6.07, 6.45) is 10.7. The third-order valence-corrected chi connectivity index (χ3v) is 6.93. The van der Waals surface area contributed by atoms with Crippen molar-refractivity contribution in [1.82, 2.24) is 5.32 Å². The fourth-order valence-corrected chi connectivity index (χ4v) is 5.94. The van der Waals surface area contributed by atoms with Crippen molar-refractivity contribution in [1.29, 1.82) is 0 Å². The number of piperidine rings is 1. The van der Waals surface area contributed by atoms with E-state index in [2.05, 4.69) is 39.1 Å². The zero-order valence-corrected chi connectivity index (χ0v) is 17.2. The number of ether oxygens (including phenoxy) is 1. The molecule has 0 aromatic carbocycles. The average Bonchev–Trinajstić information content (AvgIpc) is 2.41. The van der Waals surface area contributed by atoms with Crippen LogP contribution in [0.3, 0.4) is 0 Å². The number of terminal acetylenes is 1. The van der Waals surface area contributed by atoms with Crippen LogP contribution in [-0.4, -0.2) is 45.8 Å². The molecular formula is C18H35NO4Si. The zero-order chi connectivity index (χ0) is 18.3. The van der Waals surface area contributed by atoms with Crippen molar-refractivity contribution >= 4 is 8.80 Å². The van der Waals surface area contributed by atoms with Crippen LogP contribution < -0.4 is 5.32 Å². The summed E-state index contributed by atoms with van der Waals surface area (Å²) in [4.78, 5) is 0. The first kappa shape index (κ1) is 21.5. The van der Waals surface area contributed by atoms with Crippen LogP contribution in [0.4, 0.5) is 0 Å². The molecule has 0 aromatic rings. The summed E-state index contributed by atoms with van der Waals surface area (Å²) in [5, 5.41) is 3.67. The van der Waals surface area contributed by atoms with E-state index in [9.17, 15) is 0 Å². The van der Waals surface area contributed by atoms with E-state index in [0.29, 0.717) is 25.9 Å². The summed E-state index contributed by atoms with van der Waals surface area (Å²) in [5.41, 5.74) is 0.183. The van der Waals surface area contributed by atoms with E-state index in [4.69, 9.17) is 24.4 Å². The van der Waals surface area contributed by atoms with Crippen LogP contribution >= 0.6 is 0 Å². The summed E-state index contributed by atoms with van der Waals surface area (Å²) in [6, 6.07) is 0.677. The van der Waals surface area contributed by atoms with Gasteiger partial charge in [-0.2, -0.15) is 0 Å². The smallest absolute Gasteiger partial charge is 0.451 e. The van der Waals surface area contributed by atoms with Gasteiger partial charge in [-0.15, -0.1) is 0 Å². The summed E-state index contributed by atoms with van der Waals surface area (Å²) in [6.45, 7) is 14.5. The van der Waals surface area contributed by atoms with Gasteiger partial charge in [0.15, 0.2) is 0 Å². The van der Waals surface area contributed by atoms with E-state index in [1.807, 2.05) is 13.8 Å². The van der Waals surface area contributed by atoms with Crippen LogP contribution in [-0.2, 0) is 18.0 Å². The second kappa shape index (κ2) is 9.21. The minimum absolute atomic E-state index is 0.0914. The van der Waals surface area contributed by atoms with Crippen LogP contribution in [0.1, 0.15) is 60.8 Å². The molecule has 24 heavy (non-hydrogen) atoms. The quantitative estimate of drug-likeness (QED) is 0.369. The summed E-state index contributed by atoms with van der Waals surface area (Å²) in [5.74, 6) is 0. The van der Waals surface area contributed by atoms with Crippen LogP contribution in [0.25, 0.3) is 0 Å². The van der Waals surface area contributed by atoms with E-state index < -0.39 is 8.80 Å². The van der Waals surface area contributed by atoms with Crippen LogP contribution in [0.5, 0.6) is 0 Å². The summed E-state index contributed by atoms with van der Waals surface area (Å²) in [7, 11) is -2.77. The SMILES string of the molecule is C#CO[Si](CCCOC1CC(C)(C)NC(C)(C)C1)(OCC)OCC. The topological polar surface area (TPSA) is 49.0 Å². The van der Waals surface area contributed by atoms with E-state index in [-0.39, 0.29) is 17.2 Å². The zero-order valence-electron chi connectivity index (χ0n) is 16.2. The summed E-state index contributed by atoms with van der Waals surface area (Å²) < 4.78 is 23.1. The Morgan fingerprint density at radius 3 is 2.08 bits per heavy atom. The molecule has 0 aliphatic carbocycles. The largest absolute Gasteiger partial charge is 0.574 e. The first-order valence-electron chi connectivity index (χ1n) is 9.00. The lowest BCUT2D eigenvalue weighted by Gasteiger charge is -2.46. The lowest BCUT2D eigenvalue weighted by atomic mass is 9.81. The predicted octanol–water partition coefficient (Wildman–Crippen LogP) is 3.32. The molecule has 0 radical (unpaired) electrons. The van der Waals surface area contributed by atoms with Gasteiger partial charge in [0.25, 0.3) is 0 Å². The highest BCUT2D eigenvalue weighted by atomic mass is 28.4. The van der Waals surface area contributed by atoms with Crippen LogP contribution in [0.15, 0.2) is 0 Å². The molecule has 140 valence electrons. The minimum atomic E-state index is -2.77. The maximum Gasteiger partial charge on any atom is 0.574 e. The number of hydrogen-bond acceptors (Lipinski definition) is 5. The maximum atomic E-state index is 6.15. The Balaban J connectivity index is 2.49. The lowest BCUT2D eigenvalue weighted by molar-refractivity contribution is -0.0226. The third-order valence-electron chi connectivity index (χ3n) is 4.08. The molecule has 1 saturated heterocycles. The van der Waals surface area contributed by atoms with E-state index in [1.165, 1.54) is 0 Å². The van der Waals surface area contributed by atoms with E-state index >= 15 is 0 Å². The molecule has 0 amide bonds. The Labute approximate surface area is 149 Å². The Bertz CT molecular complexity index is 398. The van der Waals surface area contributed by atoms with Gasteiger partial charge in [0.05, 0.1) is 12.2 Å². The fraction of sp³-hybridized carbons (Fsp3) is 0.889. The first-order chi connectivity index (χ1) is 11.2. The molecule has 6 heteroatoms. The Morgan fingerprint density at radius 2 is 1.62 bits per heavy atom. The van der Waals surface area contributed by atoms with Gasteiger partial charge in [0, 0.05) is 36.9 Å². The molecule has 1 aliphatic rings. The highest BCUT2D eigenvalue weighted by Crippen LogP contribution is 2.30. The standard InChI is InChI=1S/C18H35NO4Si/c1-8-21-24(22-9-2,23-10-3)13-11-12-20-16-14-17(4,5)19-18(6,7)15-16/h1,16,19H,9-15H2,2-7H3. The normalized spacial score (nSPS) is 20.5. The number of nitrogens with one attached hydrogen (secondary N) is 1. The van der Waals surface area contributed by atoms with Crippen LogP contribution in [0, 0.1) is 12.5 Å². The molecule has 0 atom stereocenters. The summed E-state index contributed by atoms with van der Waals surface area (Å²) >= 11 is 0. The fourth-order valence-electron chi connectivity index (χ4n) is 3.71. The molecule has 0 bridgehead atoms. The van der Waals surface area contributed by atoms with Gasteiger partial charge in [-0.25, -0.2) is 0 Å². The highest BCUT2D eigenvalue weighted by molar-refractivity contribution is 6.61. The molecule has 1 N–H and O–H groups in total. The molecule has 1 rings (SSSR count). The first-order valence-corrected chi connectivity index (χ1v) is 10.9. The van der Waals surface area contributed by atoms with Crippen molar-refractivity contribution in [2.45, 2.75) is 84.0 Å². The van der Waals surface area contributed by atoms with Gasteiger partial charge >= 0.3 is 8.80 Å². The van der Waals surface area contributed by atoms with Gasteiger partial charge in [0.2, 0.25) is 0 Å². The molecule has 0 unspecified atom stereocenters. The average molecular weight is 358 g/mol.